The van der Waals surface area contributed by atoms with Gasteiger partial charge >= 0.3 is 0 Å². The van der Waals surface area contributed by atoms with Gasteiger partial charge in [-0.3, -0.25) is 4.79 Å². The van der Waals surface area contributed by atoms with Gasteiger partial charge in [0.05, 0.1) is 10.6 Å². The molecule has 1 saturated heterocycles. The van der Waals surface area contributed by atoms with Crippen LogP contribution in [0.15, 0.2) is 52.4 Å². The minimum Gasteiger partial charge on any atom is -0.508 e. The van der Waals surface area contributed by atoms with Gasteiger partial charge in [-0.05, 0) is 73.0 Å². The van der Waals surface area contributed by atoms with Gasteiger partial charge in [-0.25, -0.2) is 4.99 Å². The molecule has 1 aliphatic rings. The molecule has 0 aliphatic carbocycles. The summed E-state index contributed by atoms with van der Waals surface area (Å²) in [6.45, 7) is 5.91. The molecule has 2 aromatic carbocycles. The summed E-state index contributed by atoms with van der Waals surface area (Å²) < 4.78 is 0. The van der Waals surface area contributed by atoms with E-state index in [1.54, 1.807) is 24.3 Å². The molecule has 0 atom stereocenters. The third kappa shape index (κ3) is 3.36. The van der Waals surface area contributed by atoms with Crippen molar-refractivity contribution < 1.29 is 9.90 Å². The summed E-state index contributed by atoms with van der Waals surface area (Å²) in [6.07, 6.45) is 0. The van der Waals surface area contributed by atoms with Gasteiger partial charge in [0.25, 0.3) is 5.91 Å². The maximum absolute atomic E-state index is 12.3. The number of benzene rings is 2. The summed E-state index contributed by atoms with van der Waals surface area (Å²) in [7, 11) is 0. The Kier molecular flexibility index (Phi) is 4.44. The summed E-state index contributed by atoms with van der Waals surface area (Å²) in [5.74, 6) is 0.0619. The first kappa shape index (κ1) is 16.3. The van der Waals surface area contributed by atoms with Gasteiger partial charge in [-0.2, -0.15) is 0 Å². The lowest BCUT2D eigenvalue weighted by molar-refractivity contribution is -0.115. The molecule has 1 aliphatic heterocycles. The zero-order valence-electron chi connectivity index (χ0n) is 13.8. The summed E-state index contributed by atoms with van der Waals surface area (Å²) in [4.78, 5) is 17.5. The molecular formula is C19H18N2O2S. The summed E-state index contributed by atoms with van der Waals surface area (Å²) in [5.41, 5.74) is 4.82. The molecule has 2 N–H and O–H groups in total. The van der Waals surface area contributed by atoms with Gasteiger partial charge in [0, 0.05) is 0 Å². The molecule has 0 unspecified atom stereocenters. The van der Waals surface area contributed by atoms with Crippen molar-refractivity contribution in [1.82, 2.24) is 5.32 Å². The van der Waals surface area contributed by atoms with E-state index in [9.17, 15) is 9.90 Å². The van der Waals surface area contributed by atoms with E-state index in [-0.39, 0.29) is 11.7 Å². The van der Waals surface area contributed by atoms with E-state index in [0.717, 1.165) is 28.0 Å². The zero-order valence-corrected chi connectivity index (χ0v) is 14.6. The Hall–Kier alpha value is -2.53. The number of nitrogens with one attached hydrogen (secondary N) is 1. The van der Waals surface area contributed by atoms with Crippen molar-refractivity contribution in [2.24, 2.45) is 4.99 Å². The molecule has 4 nitrogen and oxygen atoms in total. The first-order valence-corrected chi connectivity index (χ1v) is 8.41. The molecule has 0 bridgehead atoms. The van der Waals surface area contributed by atoms with Crippen LogP contribution in [0.25, 0.3) is 5.57 Å². The number of aromatic hydroxyl groups is 1. The SMILES string of the molecule is C/C(=C1/SC(=Nc2cc(C)ccc2C)NC1=O)c1ccc(O)cc1. The van der Waals surface area contributed by atoms with Crippen LogP contribution in [0.3, 0.4) is 0 Å². The van der Waals surface area contributed by atoms with Crippen molar-refractivity contribution >= 4 is 34.1 Å². The highest BCUT2D eigenvalue weighted by Gasteiger charge is 2.26. The van der Waals surface area contributed by atoms with Crippen LogP contribution in [0.2, 0.25) is 0 Å². The van der Waals surface area contributed by atoms with E-state index < -0.39 is 0 Å². The fraction of sp³-hybridized carbons (Fsp3) is 0.158. The van der Waals surface area contributed by atoms with E-state index in [1.807, 2.05) is 39.0 Å². The standard InChI is InChI=1S/C19H18N2O2S/c1-11-4-5-12(2)16(10-11)20-19-21-18(23)17(24-19)13(3)14-6-8-15(22)9-7-14/h4-10,22H,1-3H3,(H,20,21,23)/b17-13-. The number of allylic oxidation sites excluding steroid dienone is 1. The van der Waals surface area contributed by atoms with Gasteiger partial charge in [0.1, 0.15) is 5.75 Å². The van der Waals surface area contributed by atoms with E-state index >= 15 is 0 Å². The van der Waals surface area contributed by atoms with Crippen molar-refractivity contribution in [3.63, 3.8) is 0 Å². The van der Waals surface area contributed by atoms with Crippen LogP contribution in [0, 0.1) is 13.8 Å². The first-order chi connectivity index (χ1) is 11.4. The number of thioether (sulfide) groups is 1. The lowest BCUT2D eigenvalue weighted by Gasteiger charge is -2.04. The Morgan fingerprint density at radius 3 is 2.54 bits per heavy atom. The number of nitrogens with zero attached hydrogens (tertiary/aromatic N) is 1. The Morgan fingerprint density at radius 2 is 1.83 bits per heavy atom. The minimum atomic E-state index is -0.144. The second-order valence-corrected chi connectivity index (χ2v) is 6.76. The number of amides is 1. The van der Waals surface area contributed by atoms with Gasteiger partial charge in [-0.15, -0.1) is 0 Å². The van der Waals surface area contributed by atoms with E-state index in [2.05, 4.69) is 10.3 Å². The predicted molar refractivity (Wildman–Crippen MR) is 99.4 cm³/mol. The largest absolute Gasteiger partial charge is 0.508 e. The fourth-order valence-electron chi connectivity index (χ4n) is 2.41. The lowest BCUT2D eigenvalue weighted by atomic mass is 10.1. The van der Waals surface area contributed by atoms with Crippen LogP contribution in [0.4, 0.5) is 5.69 Å². The number of phenolic OH excluding ortho intramolecular Hbond substituents is 1. The molecule has 1 fully saturated rings. The molecule has 2 aromatic rings. The number of phenols is 1. The Bertz CT molecular complexity index is 867. The normalized spacial score (nSPS) is 18.0. The molecule has 1 amide bonds. The summed E-state index contributed by atoms with van der Waals surface area (Å²) in [6, 6.07) is 12.9. The summed E-state index contributed by atoms with van der Waals surface area (Å²) >= 11 is 1.34. The van der Waals surface area contributed by atoms with E-state index in [0.29, 0.717) is 10.1 Å². The molecule has 3 rings (SSSR count). The monoisotopic (exact) mass is 338 g/mol. The Morgan fingerprint density at radius 1 is 1.12 bits per heavy atom. The third-order valence-electron chi connectivity index (χ3n) is 3.85. The number of carbonyl (C=O) groups excluding carboxylic acids is 1. The van der Waals surface area contributed by atoms with Gasteiger partial charge in [0.15, 0.2) is 5.17 Å². The highest BCUT2D eigenvalue weighted by atomic mass is 32.2. The number of aryl methyl sites for hydroxylation is 2. The molecule has 5 heteroatoms. The fourth-order valence-corrected chi connectivity index (χ4v) is 3.31. The van der Waals surface area contributed by atoms with Crippen LogP contribution in [0.1, 0.15) is 23.6 Å². The second kappa shape index (κ2) is 6.53. The van der Waals surface area contributed by atoms with E-state index in [1.165, 1.54) is 11.8 Å². The minimum absolute atomic E-state index is 0.144. The van der Waals surface area contributed by atoms with Crippen LogP contribution in [-0.4, -0.2) is 16.2 Å². The number of aliphatic imine (C=N–C) groups is 1. The third-order valence-corrected chi connectivity index (χ3v) is 4.94. The quantitative estimate of drug-likeness (QED) is 0.803. The molecule has 0 aromatic heterocycles. The molecule has 0 saturated carbocycles. The average molecular weight is 338 g/mol. The first-order valence-electron chi connectivity index (χ1n) is 7.59. The molecule has 1 heterocycles. The number of carbonyl (C=O) groups is 1. The van der Waals surface area contributed by atoms with Gasteiger partial charge in [-0.1, -0.05) is 24.3 Å². The van der Waals surface area contributed by atoms with Crippen LogP contribution in [0.5, 0.6) is 5.75 Å². The number of hydrogen-bond acceptors (Lipinski definition) is 4. The Labute approximate surface area is 145 Å². The van der Waals surface area contributed by atoms with Crippen molar-refractivity contribution in [3.8, 4) is 5.75 Å². The smallest absolute Gasteiger partial charge is 0.264 e. The molecule has 122 valence electrons. The van der Waals surface area contributed by atoms with Crippen molar-refractivity contribution in [1.29, 1.82) is 0 Å². The van der Waals surface area contributed by atoms with Crippen LogP contribution in [-0.2, 0) is 4.79 Å². The van der Waals surface area contributed by atoms with E-state index in [4.69, 9.17) is 0 Å². The average Bonchev–Trinajstić information content (AvgIpc) is 2.91. The van der Waals surface area contributed by atoms with Crippen molar-refractivity contribution in [3.05, 3.63) is 64.1 Å². The maximum atomic E-state index is 12.3. The van der Waals surface area contributed by atoms with Gasteiger partial charge < -0.3 is 10.4 Å². The Balaban J connectivity index is 1.93. The molecule has 24 heavy (non-hydrogen) atoms. The van der Waals surface area contributed by atoms with Gasteiger partial charge in [0.2, 0.25) is 0 Å². The highest BCUT2D eigenvalue weighted by molar-refractivity contribution is 8.18. The molecule has 0 spiro atoms. The summed E-state index contributed by atoms with van der Waals surface area (Å²) in [5, 5.41) is 12.8. The predicted octanol–water partition coefficient (Wildman–Crippen LogP) is 4.29. The highest BCUT2D eigenvalue weighted by Crippen LogP contribution is 2.33. The van der Waals surface area contributed by atoms with Crippen molar-refractivity contribution in [2.75, 3.05) is 0 Å². The maximum Gasteiger partial charge on any atom is 0.264 e. The number of hydrogen-bond donors (Lipinski definition) is 2. The van der Waals surface area contributed by atoms with Crippen molar-refractivity contribution in [2.45, 2.75) is 20.8 Å². The molecular weight excluding hydrogens is 320 g/mol. The second-order valence-electron chi connectivity index (χ2n) is 5.76. The number of amidine groups is 1. The molecule has 0 radical (unpaired) electrons. The topological polar surface area (TPSA) is 61.7 Å². The zero-order chi connectivity index (χ0) is 17.3. The van der Waals surface area contributed by atoms with Crippen LogP contribution >= 0.6 is 11.8 Å². The lowest BCUT2D eigenvalue weighted by Crippen LogP contribution is -2.19. The van der Waals surface area contributed by atoms with Crippen LogP contribution < -0.4 is 5.32 Å². The number of rotatable bonds is 2.